The van der Waals surface area contributed by atoms with Crippen LogP contribution < -0.4 is 0 Å². The molecule has 0 unspecified atom stereocenters. The van der Waals surface area contributed by atoms with Gasteiger partial charge in [0.05, 0.1) is 19.9 Å². The summed E-state index contributed by atoms with van der Waals surface area (Å²) >= 11 is 0. The Morgan fingerprint density at radius 3 is 2.14 bits per heavy atom. The highest BCUT2D eigenvalue weighted by molar-refractivity contribution is 6.05. The average Bonchev–Trinajstić information content (AvgIpc) is 2.53. The van der Waals surface area contributed by atoms with E-state index < -0.39 is 11.9 Å². The van der Waals surface area contributed by atoms with Crippen molar-refractivity contribution in [1.29, 1.82) is 0 Å². The number of nitrogens with zero attached hydrogens (tertiary/aromatic N) is 2. The molecule has 0 saturated heterocycles. The van der Waals surface area contributed by atoms with Crippen LogP contribution in [0.25, 0.3) is 11.3 Å². The first kappa shape index (κ1) is 14.6. The molecule has 0 aliphatic rings. The molecule has 0 saturated carbocycles. The van der Waals surface area contributed by atoms with E-state index in [2.05, 4.69) is 14.7 Å². The Labute approximate surface area is 121 Å². The minimum Gasteiger partial charge on any atom is -0.465 e. The highest BCUT2D eigenvalue weighted by Gasteiger charge is 2.26. The van der Waals surface area contributed by atoms with Crippen molar-refractivity contribution in [2.24, 2.45) is 0 Å². The van der Waals surface area contributed by atoms with Gasteiger partial charge in [-0.2, -0.15) is 0 Å². The maximum Gasteiger partial charge on any atom is 0.357 e. The van der Waals surface area contributed by atoms with Crippen molar-refractivity contribution in [1.82, 2.24) is 9.97 Å². The number of carbonyl (C=O) groups excluding carboxylic acids is 2. The zero-order valence-electron chi connectivity index (χ0n) is 11.9. The Hall–Kier alpha value is -2.76. The lowest BCUT2D eigenvalue weighted by Crippen LogP contribution is -2.17. The number of esters is 2. The van der Waals surface area contributed by atoms with Crippen molar-refractivity contribution >= 4 is 11.9 Å². The van der Waals surface area contributed by atoms with E-state index in [0.717, 1.165) is 0 Å². The fraction of sp³-hybridized carbons (Fsp3) is 0.200. The highest BCUT2D eigenvalue weighted by atomic mass is 16.5. The van der Waals surface area contributed by atoms with Crippen molar-refractivity contribution in [2.45, 2.75) is 6.92 Å². The lowest BCUT2D eigenvalue weighted by Gasteiger charge is -2.11. The van der Waals surface area contributed by atoms with Crippen LogP contribution in [-0.2, 0) is 9.47 Å². The number of aromatic nitrogens is 2. The standard InChI is InChI=1S/C15H14N2O4/c1-9-16-12(10-7-5-4-6-8-10)11(14(18)20-2)13(17-9)15(19)21-3/h4-8H,1-3H3. The van der Waals surface area contributed by atoms with Gasteiger partial charge in [0.25, 0.3) is 0 Å². The Kier molecular flexibility index (Phi) is 4.27. The second kappa shape index (κ2) is 6.13. The fourth-order valence-electron chi connectivity index (χ4n) is 1.92. The first-order chi connectivity index (χ1) is 10.1. The molecule has 0 bridgehead atoms. The summed E-state index contributed by atoms with van der Waals surface area (Å²) < 4.78 is 9.43. The third-order valence-electron chi connectivity index (χ3n) is 2.84. The summed E-state index contributed by atoms with van der Waals surface area (Å²) in [4.78, 5) is 32.2. The molecule has 0 spiro atoms. The third-order valence-corrected chi connectivity index (χ3v) is 2.84. The number of aryl methyl sites for hydroxylation is 1. The Balaban J connectivity index is 2.77. The average molecular weight is 286 g/mol. The second-order valence-electron chi connectivity index (χ2n) is 4.19. The van der Waals surface area contributed by atoms with Crippen LogP contribution in [-0.4, -0.2) is 36.1 Å². The van der Waals surface area contributed by atoms with Gasteiger partial charge in [0.2, 0.25) is 0 Å². The van der Waals surface area contributed by atoms with Crippen molar-refractivity contribution in [3.05, 3.63) is 47.4 Å². The Morgan fingerprint density at radius 2 is 1.57 bits per heavy atom. The molecule has 0 N–H and O–H groups in total. The largest absolute Gasteiger partial charge is 0.465 e. The van der Waals surface area contributed by atoms with Gasteiger partial charge in [-0.25, -0.2) is 19.6 Å². The number of methoxy groups -OCH3 is 2. The van der Waals surface area contributed by atoms with Crippen LogP contribution in [0.15, 0.2) is 30.3 Å². The fourth-order valence-corrected chi connectivity index (χ4v) is 1.92. The third kappa shape index (κ3) is 2.89. The van der Waals surface area contributed by atoms with E-state index in [4.69, 9.17) is 4.74 Å². The Bertz CT molecular complexity index is 684. The normalized spacial score (nSPS) is 10.0. The molecule has 21 heavy (non-hydrogen) atoms. The molecule has 6 nitrogen and oxygen atoms in total. The van der Waals surface area contributed by atoms with Crippen molar-refractivity contribution in [3.8, 4) is 11.3 Å². The molecule has 0 fully saturated rings. The number of hydrogen-bond donors (Lipinski definition) is 0. The molecule has 0 radical (unpaired) electrons. The van der Waals surface area contributed by atoms with Gasteiger partial charge < -0.3 is 9.47 Å². The lowest BCUT2D eigenvalue weighted by atomic mass is 10.0. The molecule has 2 aromatic rings. The highest BCUT2D eigenvalue weighted by Crippen LogP contribution is 2.25. The summed E-state index contributed by atoms with van der Waals surface area (Å²) in [6, 6.07) is 9.04. The van der Waals surface area contributed by atoms with Crippen LogP contribution in [0.3, 0.4) is 0 Å². The van der Waals surface area contributed by atoms with E-state index in [1.807, 2.05) is 18.2 Å². The maximum atomic E-state index is 12.1. The number of carbonyl (C=O) groups is 2. The molecule has 108 valence electrons. The van der Waals surface area contributed by atoms with Crippen LogP contribution in [0.4, 0.5) is 0 Å². The van der Waals surface area contributed by atoms with Crippen LogP contribution in [0.1, 0.15) is 26.7 Å². The van der Waals surface area contributed by atoms with E-state index in [-0.39, 0.29) is 11.3 Å². The summed E-state index contributed by atoms with van der Waals surface area (Å²) in [5, 5.41) is 0. The molecule has 2 rings (SSSR count). The first-order valence-electron chi connectivity index (χ1n) is 6.19. The van der Waals surface area contributed by atoms with Gasteiger partial charge in [-0.1, -0.05) is 30.3 Å². The molecule has 1 aromatic heterocycles. The molecule has 6 heteroatoms. The van der Waals surface area contributed by atoms with Crippen molar-refractivity contribution in [2.75, 3.05) is 14.2 Å². The van der Waals surface area contributed by atoms with Gasteiger partial charge in [0.15, 0.2) is 5.69 Å². The molecule has 0 aliphatic carbocycles. The zero-order valence-corrected chi connectivity index (χ0v) is 11.9. The van der Waals surface area contributed by atoms with Crippen molar-refractivity contribution < 1.29 is 19.1 Å². The van der Waals surface area contributed by atoms with Gasteiger partial charge in [-0.15, -0.1) is 0 Å². The number of benzene rings is 1. The first-order valence-corrected chi connectivity index (χ1v) is 6.19. The van der Waals surface area contributed by atoms with Gasteiger partial charge in [0.1, 0.15) is 11.4 Å². The number of hydrogen-bond acceptors (Lipinski definition) is 6. The SMILES string of the molecule is COC(=O)c1nc(C)nc(-c2ccccc2)c1C(=O)OC. The number of rotatable bonds is 3. The number of ether oxygens (including phenoxy) is 2. The monoisotopic (exact) mass is 286 g/mol. The van der Waals surface area contributed by atoms with Crippen LogP contribution in [0.2, 0.25) is 0 Å². The molecular weight excluding hydrogens is 272 g/mol. The second-order valence-corrected chi connectivity index (χ2v) is 4.19. The minimum absolute atomic E-state index is 0.00106. The van der Waals surface area contributed by atoms with Gasteiger partial charge in [0, 0.05) is 5.56 Å². The summed E-state index contributed by atoms with van der Waals surface area (Å²) in [6.07, 6.45) is 0. The molecule has 1 heterocycles. The summed E-state index contributed by atoms with van der Waals surface area (Å²) in [6.45, 7) is 1.64. The van der Waals surface area contributed by atoms with E-state index in [1.165, 1.54) is 14.2 Å². The smallest absolute Gasteiger partial charge is 0.357 e. The molecule has 0 amide bonds. The molecule has 1 aromatic carbocycles. The topological polar surface area (TPSA) is 78.4 Å². The predicted molar refractivity (Wildman–Crippen MR) is 74.9 cm³/mol. The van der Waals surface area contributed by atoms with E-state index in [1.54, 1.807) is 19.1 Å². The van der Waals surface area contributed by atoms with Crippen molar-refractivity contribution in [3.63, 3.8) is 0 Å². The molecule has 0 aliphatic heterocycles. The predicted octanol–water partition coefficient (Wildman–Crippen LogP) is 2.03. The van der Waals surface area contributed by atoms with Crippen LogP contribution in [0.5, 0.6) is 0 Å². The van der Waals surface area contributed by atoms with Gasteiger partial charge >= 0.3 is 11.9 Å². The zero-order chi connectivity index (χ0) is 15.4. The van der Waals surface area contributed by atoms with E-state index in [0.29, 0.717) is 17.1 Å². The Morgan fingerprint density at radius 1 is 0.952 bits per heavy atom. The minimum atomic E-state index is -0.710. The quantitative estimate of drug-likeness (QED) is 0.803. The van der Waals surface area contributed by atoms with E-state index >= 15 is 0 Å². The summed E-state index contributed by atoms with van der Waals surface area (Å²) in [5.74, 6) is -1.03. The molecular formula is C15H14N2O4. The van der Waals surface area contributed by atoms with Crippen LogP contribution >= 0.6 is 0 Å². The molecule has 0 atom stereocenters. The van der Waals surface area contributed by atoms with Gasteiger partial charge in [-0.3, -0.25) is 0 Å². The summed E-state index contributed by atoms with van der Waals surface area (Å²) in [5.41, 5.74) is 0.931. The summed E-state index contributed by atoms with van der Waals surface area (Å²) in [7, 11) is 2.46. The van der Waals surface area contributed by atoms with Crippen LogP contribution in [0, 0.1) is 6.92 Å². The van der Waals surface area contributed by atoms with E-state index in [9.17, 15) is 9.59 Å². The lowest BCUT2D eigenvalue weighted by molar-refractivity contribution is 0.0549. The van der Waals surface area contributed by atoms with Gasteiger partial charge in [-0.05, 0) is 6.92 Å². The maximum absolute atomic E-state index is 12.1.